The lowest BCUT2D eigenvalue weighted by Crippen LogP contribution is -2.40. The highest BCUT2D eigenvalue weighted by Gasteiger charge is 2.26. The molecule has 1 N–H and O–H groups in total. The molecule has 4 rings (SSSR count). The minimum atomic E-state index is -3.52. The van der Waals surface area contributed by atoms with Crippen LogP contribution in [0.25, 0.3) is 0 Å². The summed E-state index contributed by atoms with van der Waals surface area (Å²) in [5.74, 6) is 0. The number of aromatic nitrogens is 1. The van der Waals surface area contributed by atoms with E-state index in [1.165, 1.54) is 21.2 Å². The third kappa shape index (κ3) is 5.46. The molecule has 0 amide bonds. The third-order valence-electron chi connectivity index (χ3n) is 4.77. The summed E-state index contributed by atoms with van der Waals surface area (Å²) in [5, 5.41) is 5.34. The molecule has 0 bridgehead atoms. The quantitative estimate of drug-likeness (QED) is 0.576. The second-order valence-electron chi connectivity index (χ2n) is 6.88. The highest BCUT2D eigenvalue weighted by Crippen LogP contribution is 2.19. The molecule has 1 fully saturated rings. The van der Waals surface area contributed by atoms with Gasteiger partial charge in [0.25, 0.3) is 0 Å². The molecule has 1 aliphatic rings. The Balaban J connectivity index is 1.44. The second kappa shape index (κ2) is 9.84. The van der Waals surface area contributed by atoms with E-state index in [9.17, 15) is 8.42 Å². The van der Waals surface area contributed by atoms with Crippen LogP contribution in [0.4, 0.5) is 5.69 Å². The monoisotopic (exact) mass is 474 g/mol. The fourth-order valence-electron chi connectivity index (χ4n) is 3.17. The number of thiazole rings is 1. The molecule has 0 atom stereocenters. The van der Waals surface area contributed by atoms with Gasteiger partial charge in [-0.1, -0.05) is 30.3 Å². The molecule has 2 aromatic carbocycles. The molecule has 31 heavy (non-hydrogen) atoms. The van der Waals surface area contributed by atoms with E-state index < -0.39 is 10.0 Å². The molecular weight excluding hydrogens is 452 g/mol. The first-order valence-corrected chi connectivity index (χ1v) is 12.5. The molecule has 1 aliphatic heterocycles. The normalized spacial score (nSPS) is 15.7. The maximum Gasteiger partial charge on any atom is 0.243 e. The summed E-state index contributed by atoms with van der Waals surface area (Å²) < 4.78 is 34.2. The molecule has 0 saturated carbocycles. The van der Waals surface area contributed by atoms with Gasteiger partial charge in [-0.15, -0.1) is 11.3 Å². The van der Waals surface area contributed by atoms with E-state index in [0.717, 1.165) is 4.80 Å². The van der Waals surface area contributed by atoms with Crippen molar-refractivity contribution in [2.24, 2.45) is 4.99 Å². The van der Waals surface area contributed by atoms with E-state index in [1.807, 2.05) is 34.3 Å². The molecule has 0 radical (unpaired) electrons. The van der Waals surface area contributed by atoms with E-state index in [0.29, 0.717) is 43.6 Å². The Morgan fingerprint density at radius 3 is 2.52 bits per heavy atom. The standard InChI is InChI=1S/C21H22N4O3S3/c26-31(27,25-10-13-28-14-11-25)19-8-6-18(7-9-19)22-20(29)23-21-24(12-15-30-21)16-17-4-2-1-3-5-17/h1-9,12,15H,10-11,13-14,16H2,(H,22,29)/b23-21-. The van der Waals surface area contributed by atoms with Gasteiger partial charge in [-0.05, 0) is 42.0 Å². The lowest BCUT2D eigenvalue weighted by molar-refractivity contribution is 0.0730. The topological polar surface area (TPSA) is 75.9 Å². The Hall–Kier alpha value is -2.37. The number of sulfonamides is 1. The molecule has 0 aliphatic carbocycles. The van der Waals surface area contributed by atoms with Crippen LogP contribution >= 0.6 is 23.6 Å². The van der Waals surface area contributed by atoms with Gasteiger partial charge in [0.2, 0.25) is 10.0 Å². The van der Waals surface area contributed by atoms with Gasteiger partial charge in [-0.3, -0.25) is 0 Å². The molecule has 3 aromatic rings. The third-order valence-corrected chi connectivity index (χ3v) is 7.67. The number of anilines is 1. The van der Waals surface area contributed by atoms with Crippen molar-refractivity contribution in [2.45, 2.75) is 11.4 Å². The summed E-state index contributed by atoms with van der Waals surface area (Å²) in [6, 6.07) is 16.7. The van der Waals surface area contributed by atoms with E-state index in [1.54, 1.807) is 24.3 Å². The number of hydrogen-bond acceptors (Lipinski definition) is 5. The number of nitrogens with one attached hydrogen (secondary N) is 1. The molecule has 0 spiro atoms. The fraction of sp³-hybridized carbons (Fsp3) is 0.238. The van der Waals surface area contributed by atoms with Gasteiger partial charge in [-0.2, -0.15) is 9.30 Å². The summed E-state index contributed by atoms with van der Waals surface area (Å²) in [4.78, 5) is 5.55. The van der Waals surface area contributed by atoms with Gasteiger partial charge in [0.15, 0.2) is 9.91 Å². The number of rotatable bonds is 5. The van der Waals surface area contributed by atoms with Crippen molar-refractivity contribution < 1.29 is 13.2 Å². The number of thiocarbonyl (C=S) groups is 1. The average molecular weight is 475 g/mol. The van der Waals surface area contributed by atoms with Crippen molar-refractivity contribution in [1.82, 2.24) is 8.87 Å². The van der Waals surface area contributed by atoms with Crippen LogP contribution in [0.2, 0.25) is 0 Å². The lowest BCUT2D eigenvalue weighted by Gasteiger charge is -2.26. The van der Waals surface area contributed by atoms with Crippen LogP contribution in [0.1, 0.15) is 5.56 Å². The van der Waals surface area contributed by atoms with E-state index in [4.69, 9.17) is 17.0 Å². The first kappa shape index (κ1) is 21.8. The Kier molecular flexibility index (Phi) is 6.93. The number of benzene rings is 2. The number of ether oxygens (including phenoxy) is 1. The van der Waals surface area contributed by atoms with Crippen molar-refractivity contribution >= 4 is 44.4 Å². The van der Waals surface area contributed by atoms with Crippen molar-refractivity contribution in [1.29, 1.82) is 0 Å². The van der Waals surface area contributed by atoms with E-state index >= 15 is 0 Å². The lowest BCUT2D eigenvalue weighted by atomic mass is 10.2. The van der Waals surface area contributed by atoms with E-state index in [2.05, 4.69) is 22.4 Å². The van der Waals surface area contributed by atoms with Crippen molar-refractivity contribution in [2.75, 3.05) is 31.6 Å². The van der Waals surface area contributed by atoms with Crippen LogP contribution < -0.4 is 10.1 Å². The largest absolute Gasteiger partial charge is 0.379 e. The van der Waals surface area contributed by atoms with Crippen LogP contribution in [0.15, 0.2) is 76.1 Å². The molecular formula is C21H22N4O3S3. The highest BCUT2D eigenvalue weighted by atomic mass is 32.2. The minimum absolute atomic E-state index is 0.252. The second-order valence-corrected chi connectivity index (χ2v) is 10.1. The van der Waals surface area contributed by atoms with Gasteiger partial charge in [0, 0.05) is 36.9 Å². The molecule has 162 valence electrons. The van der Waals surface area contributed by atoms with Crippen LogP contribution in [0.5, 0.6) is 0 Å². The molecule has 1 aromatic heterocycles. The zero-order valence-corrected chi connectivity index (χ0v) is 19.1. The summed E-state index contributed by atoms with van der Waals surface area (Å²) in [5.41, 5.74) is 1.86. The first-order chi connectivity index (χ1) is 15.0. The molecule has 0 unspecified atom stereocenters. The van der Waals surface area contributed by atoms with Crippen LogP contribution in [0, 0.1) is 0 Å². The van der Waals surface area contributed by atoms with E-state index in [-0.39, 0.29) is 4.90 Å². The van der Waals surface area contributed by atoms with Crippen molar-refractivity contribution in [3.05, 3.63) is 76.5 Å². The number of morpholine rings is 1. The first-order valence-electron chi connectivity index (χ1n) is 9.74. The van der Waals surface area contributed by atoms with Gasteiger partial charge >= 0.3 is 0 Å². The summed E-state index contributed by atoms with van der Waals surface area (Å²) in [6.07, 6.45) is 1.98. The maximum atomic E-state index is 12.7. The zero-order valence-electron chi connectivity index (χ0n) is 16.7. The SMILES string of the molecule is O=S(=O)(c1ccc(NC(=S)/N=c2\sccn2Cc2ccccc2)cc1)N1CCOCC1. The maximum absolute atomic E-state index is 12.7. The van der Waals surface area contributed by atoms with Crippen LogP contribution in [-0.4, -0.2) is 48.7 Å². The Labute approximate surface area is 190 Å². The Morgan fingerprint density at radius 1 is 1.10 bits per heavy atom. The smallest absolute Gasteiger partial charge is 0.243 e. The van der Waals surface area contributed by atoms with Gasteiger partial charge in [0.05, 0.1) is 18.1 Å². The minimum Gasteiger partial charge on any atom is -0.379 e. The van der Waals surface area contributed by atoms with Crippen LogP contribution in [-0.2, 0) is 21.3 Å². The Morgan fingerprint density at radius 2 is 1.81 bits per heavy atom. The zero-order chi connectivity index (χ0) is 21.7. The summed E-state index contributed by atoms with van der Waals surface area (Å²) in [7, 11) is -3.52. The van der Waals surface area contributed by atoms with Gasteiger partial charge in [-0.25, -0.2) is 8.42 Å². The van der Waals surface area contributed by atoms with Gasteiger partial charge < -0.3 is 14.6 Å². The van der Waals surface area contributed by atoms with Crippen LogP contribution in [0.3, 0.4) is 0 Å². The van der Waals surface area contributed by atoms with Gasteiger partial charge in [0.1, 0.15) is 0 Å². The summed E-state index contributed by atoms with van der Waals surface area (Å²) >= 11 is 6.90. The number of nitrogens with zero attached hydrogens (tertiary/aromatic N) is 3. The highest BCUT2D eigenvalue weighted by molar-refractivity contribution is 7.89. The molecule has 10 heteroatoms. The molecule has 1 saturated heterocycles. The average Bonchev–Trinajstić information content (AvgIpc) is 3.21. The fourth-order valence-corrected chi connectivity index (χ4v) is 5.58. The molecule has 7 nitrogen and oxygen atoms in total. The Bertz CT molecular complexity index is 1200. The number of hydrogen-bond donors (Lipinski definition) is 1. The van der Waals surface area contributed by atoms with Crippen molar-refractivity contribution in [3.63, 3.8) is 0 Å². The predicted molar refractivity (Wildman–Crippen MR) is 126 cm³/mol. The predicted octanol–water partition coefficient (Wildman–Crippen LogP) is 2.92. The molecule has 2 heterocycles. The van der Waals surface area contributed by atoms with Crippen molar-refractivity contribution in [3.8, 4) is 0 Å². The summed E-state index contributed by atoms with van der Waals surface area (Å²) in [6.45, 7) is 2.29.